The first-order valence-corrected chi connectivity index (χ1v) is 6.07. The van der Waals surface area contributed by atoms with Gasteiger partial charge in [-0.25, -0.2) is 0 Å². The zero-order chi connectivity index (χ0) is 12.8. The predicted molar refractivity (Wildman–Crippen MR) is 71.9 cm³/mol. The van der Waals surface area contributed by atoms with Crippen LogP contribution in [0.4, 0.5) is 0 Å². The van der Waals surface area contributed by atoms with Gasteiger partial charge in [-0.2, -0.15) is 0 Å². The van der Waals surface area contributed by atoms with Crippen LogP contribution in [0.1, 0.15) is 43.7 Å². The molecule has 0 radical (unpaired) electrons. The minimum absolute atomic E-state index is 0.222. The van der Waals surface area contributed by atoms with Gasteiger partial charge in [-0.1, -0.05) is 19.9 Å². The van der Waals surface area contributed by atoms with Gasteiger partial charge in [0.15, 0.2) is 0 Å². The third kappa shape index (κ3) is 4.47. The van der Waals surface area contributed by atoms with E-state index in [1.54, 1.807) is 0 Å². The van der Waals surface area contributed by atoms with Gasteiger partial charge in [0.25, 0.3) is 0 Å². The summed E-state index contributed by atoms with van der Waals surface area (Å²) >= 11 is 0. The summed E-state index contributed by atoms with van der Waals surface area (Å²) in [5, 5.41) is 7.11. The molecule has 0 bridgehead atoms. The van der Waals surface area contributed by atoms with Crippen molar-refractivity contribution in [3.63, 3.8) is 0 Å². The normalized spacial score (nSPS) is 10.6. The maximum atomic E-state index is 7.11. The molecule has 0 aromatic heterocycles. The first-order chi connectivity index (χ1) is 8.00. The van der Waals surface area contributed by atoms with Gasteiger partial charge in [0.05, 0.1) is 12.4 Å². The molecule has 0 spiro atoms. The van der Waals surface area contributed by atoms with Crippen molar-refractivity contribution in [1.82, 2.24) is 0 Å². The number of benzene rings is 1. The first-order valence-electron chi connectivity index (χ1n) is 6.07. The molecule has 0 amide bonds. The van der Waals surface area contributed by atoms with Gasteiger partial charge in [0.2, 0.25) is 0 Å². The smallest absolute Gasteiger partial charge is 0.119 e. The average molecular weight is 234 g/mol. The molecule has 94 valence electrons. The van der Waals surface area contributed by atoms with Crippen LogP contribution in [0.15, 0.2) is 18.2 Å². The Hall–Kier alpha value is -1.51. The Bertz CT molecular complexity index is 386. The fourth-order valence-corrected chi connectivity index (χ4v) is 1.84. The highest BCUT2D eigenvalue weighted by molar-refractivity contribution is 5.76. The molecule has 0 atom stereocenters. The van der Waals surface area contributed by atoms with E-state index in [4.69, 9.17) is 15.9 Å². The summed E-state index contributed by atoms with van der Waals surface area (Å²) in [5.74, 6) is 1.66. The number of nitrogens with two attached hydrogens (primary N) is 1. The summed E-state index contributed by atoms with van der Waals surface area (Å²) in [7, 11) is 0. The van der Waals surface area contributed by atoms with Crippen LogP contribution >= 0.6 is 0 Å². The van der Waals surface area contributed by atoms with Crippen molar-refractivity contribution in [2.45, 2.75) is 39.5 Å². The number of ether oxygens (including phenoxy) is 1. The van der Waals surface area contributed by atoms with Crippen LogP contribution in [0.25, 0.3) is 0 Å². The lowest BCUT2D eigenvalue weighted by atomic mass is 9.98. The van der Waals surface area contributed by atoms with E-state index in [1.165, 1.54) is 11.1 Å². The summed E-state index contributed by atoms with van der Waals surface area (Å²) in [4.78, 5) is 0. The Morgan fingerprint density at radius 1 is 1.41 bits per heavy atom. The third-order valence-corrected chi connectivity index (χ3v) is 2.72. The Morgan fingerprint density at radius 3 is 2.65 bits per heavy atom. The summed E-state index contributed by atoms with van der Waals surface area (Å²) < 4.78 is 5.62. The minimum Gasteiger partial charge on any atom is -0.494 e. The highest BCUT2D eigenvalue weighted by Crippen LogP contribution is 2.23. The SMILES string of the molecule is Cc1cc(OCCCC(=N)N)ccc1C(C)C. The first kappa shape index (κ1) is 13.6. The van der Waals surface area contributed by atoms with E-state index in [9.17, 15) is 0 Å². The highest BCUT2D eigenvalue weighted by Gasteiger charge is 2.04. The maximum absolute atomic E-state index is 7.11. The molecule has 0 aliphatic rings. The van der Waals surface area contributed by atoms with E-state index in [0.29, 0.717) is 18.9 Å². The Kier molecular flexibility index (Phi) is 5.01. The van der Waals surface area contributed by atoms with Crippen molar-refractivity contribution in [2.75, 3.05) is 6.61 Å². The Labute approximate surface area is 103 Å². The van der Waals surface area contributed by atoms with Crippen molar-refractivity contribution < 1.29 is 4.74 Å². The number of amidine groups is 1. The van der Waals surface area contributed by atoms with Crippen molar-refractivity contribution in [1.29, 1.82) is 5.41 Å². The largest absolute Gasteiger partial charge is 0.494 e. The molecule has 0 heterocycles. The van der Waals surface area contributed by atoms with Crippen molar-refractivity contribution in [2.24, 2.45) is 5.73 Å². The van der Waals surface area contributed by atoms with Gasteiger partial charge in [-0.3, -0.25) is 5.41 Å². The quantitative estimate of drug-likeness (QED) is 0.451. The molecular weight excluding hydrogens is 212 g/mol. The lowest BCUT2D eigenvalue weighted by Crippen LogP contribution is -2.11. The van der Waals surface area contributed by atoms with Crippen LogP contribution < -0.4 is 10.5 Å². The molecule has 1 aromatic rings. The van der Waals surface area contributed by atoms with Crippen LogP contribution in [0.2, 0.25) is 0 Å². The van der Waals surface area contributed by atoms with E-state index in [1.807, 2.05) is 6.07 Å². The van der Waals surface area contributed by atoms with Gasteiger partial charge >= 0.3 is 0 Å². The lowest BCUT2D eigenvalue weighted by Gasteiger charge is -2.12. The molecule has 0 saturated carbocycles. The van der Waals surface area contributed by atoms with Crippen LogP contribution in [0, 0.1) is 12.3 Å². The third-order valence-electron chi connectivity index (χ3n) is 2.72. The maximum Gasteiger partial charge on any atom is 0.119 e. The summed E-state index contributed by atoms with van der Waals surface area (Å²) in [6, 6.07) is 6.21. The highest BCUT2D eigenvalue weighted by atomic mass is 16.5. The number of hydrogen-bond donors (Lipinski definition) is 2. The second-order valence-corrected chi connectivity index (χ2v) is 4.65. The molecule has 0 aliphatic heterocycles. The number of nitrogens with one attached hydrogen (secondary N) is 1. The van der Waals surface area contributed by atoms with E-state index >= 15 is 0 Å². The Balaban J connectivity index is 2.50. The molecule has 0 aliphatic carbocycles. The number of aryl methyl sites for hydroxylation is 1. The van der Waals surface area contributed by atoms with Crippen molar-refractivity contribution in [3.8, 4) is 5.75 Å². The molecule has 0 unspecified atom stereocenters. The molecule has 3 nitrogen and oxygen atoms in total. The van der Waals surface area contributed by atoms with Crippen molar-refractivity contribution >= 4 is 5.84 Å². The van der Waals surface area contributed by atoms with Crippen LogP contribution in [0.3, 0.4) is 0 Å². The van der Waals surface area contributed by atoms with Gasteiger partial charge in [-0.05, 0) is 42.5 Å². The zero-order valence-electron chi connectivity index (χ0n) is 10.9. The second kappa shape index (κ2) is 6.28. The summed E-state index contributed by atoms with van der Waals surface area (Å²) in [5.41, 5.74) is 7.91. The van der Waals surface area contributed by atoms with Gasteiger partial charge in [0, 0.05) is 6.42 Å². The molecular formula is C14H22N2O. The molecule has 0 fully saturated rings. The molecule has 0 saturated heterocycles. The molecule has 1 aromatic carbocycles. The summed E-state index contributed by atoms with van der Waals surface area (Å²) in [6.45, 7) is 7.10. The van der Waals surface area contributed by atoms with Crippen LogP contribution in [0.5, 0.6) is 5.75 Å². The van der Waals surface area contributed by atoms with Crippen LogP contribution in [-0.2, 0) is 0 Å². The van der Waals surface area contributed by atoms with Crippen LogP contribution in [-0.4, -0.2) is 12.4 Å². The lowest BCUT2D eigenvalue weighted by molar-refractivity contribution is 0.313. The second-order valence-electron chi connectivity index (χ2n) is 4.65. The number of hydrogen-bond acceptors (Lipinski definition) is 2. The van der Waals surface area contributed by atoms with Gasteiger partial charge in [-0.15, -0.1) is 0 Å². The molecule has 3 N–H and O–H groups in total. The predicted octanol–water partition coefficient (Wildman–Crippen LogP) is 3.21. The zero-order valence-corrected chi connectivity index (χ0v) is 10.9. The van der Waals surface area contributed by atoms with Crippen molar-refractivity contribution in [3.05, 3.63) is 29.3 Å². The fraction of sp³-hybridized carbons (Fsp3) is 0.500. The minimum atomic E-state index is 0.222. The van der Waals surface area contributed by atoms with E-state index in [-0.39, 0.29) is 5.84 Å². The van der Waals surface area contributed by atoms with Gasteiger partial charge in [0.1, 0.15) is 5.75 Å². The number of rotatable bonds is 6. The average Bonchev–Trinajstić information content (AvgIpc) is 2.23. The monoisotopic (exact) mass is 234 g/mol. The topological polar surface area (TPSA) is 59.1 Å². The standard InChI is InChI=1S/C14H22N2O/c1-10(2)13-7-6-12(9-11(13)3)17-8-4-5-14(15)16/h6-7,9-10H,4-5,8H2,1-3H3,(H3,15,16). The van der Waals surface area contributed by atoms with E-state index in [2.05, 4.69) is 32.9 Å². The van der Waals surface area contributed by atoms with E-state index < -0.39 is 0 Å². The van der Waals surface area contributed by atoms with E-state index in [0.717, 1.165) is 12.2 Å². The molecule has 3 heteroatoms. The summed E-state index contributed by atoms with van der Waals surface area (Å²) in [6.07, 6.45) is 1.39. The van der Waals surface area contributed by atoms with Gasteiger partial charge < -0.3 is 10.5 Å². The molecule has 17 heavy (non-hydrogen) atoms. The Morgan fingerprint density at radius 2 is 2.12 bits per heavy atom. The molecule has 1 rings (SSSR count). The fourth-order valence-electron chi connectivity index (χ4n) is 1.84.